The van der Waals surface area contributed by atoms with Gasteiger partial charge in [0.05, 0.1) is 12.0 Å². The number of aromatic nitrogens is 2. The quantitative estimate of drug-likeness (QED) is 0.792. The predicted molar refractivity (Wildman–Crippen MR) is 96.4 cm³/mol. The van der Waals surface area contributed by atoms with Gasteiger partial charge in [-0.3, -0.25) is 0 Å². The Bertz CT molecular complexity index is 845. The van der Waals surface area contributed by atoms with Crippen LogP contribution in [0.15, 0.2) is 35.4 Å². The van der Waals surface area contributed by atoms with Crippen molar-refractivity contribution in [1.82, 2.24) is 13.9 Å². The first-order valence-corrected chi connectivity index (χ1v) is 10.1. The van der Waals surface area contributed by atoms with E-state index in [1.807, 2.05) is 13.1 Å². The van der Waals surface area contributed by atoms with Crippen molar-refractivity contribution in [3.63, 3.8) is 0 Å². The molecular weight excluding hydrogens is 338 g/mol. The number of ether oxygens (including phenoxy) is 1. The molecule has 0 amide bonds. The number of methoxy groups -OCH3 is 1. The Balaban J connectivity index is 1.82. The molecule has 2 aromatic rings. The number of hydrogen-bond acceptors (Lipinski definition) is 4. The molecule has 1 fully saturated rings. The second kappa shape index (κ2) is 7.17. The third kappa shape index (κ3) is 3.43. The lowest BCUT2D eigenvalue weighted by Crippen LogP contribution is -2.29. The summed E-state index contributed by atoms with van der Waals surface area (Å²) in [6.45, 7) is 6.09. The number of nitrogens with zero attached hydrogens (tertiary/aromatic N) is 3. The van der Waals surface area contributed by atoms with Crippen molar-refractivity contribution >= 4 is 10.0 Å². The maximum Gasteiger partial charge on any atom is 0.243 e. The Morgan fingerprint density at radius 3 is 2.88 bits per heavy atom. The third-order valence-electron chi connectivity index (χ3n) is 4.73. The highest BCUT2D eigenvalue weighted by atomic mass is 32.2. The van der Waals surface area contributed by atoms with Crippen molar-refractivity contribution in [2.24, 2.45) is 0 Å². The molecule has 6 nitrogen and oxygen atoms in total. The first-order valence-electron chi connectivity index (χ1n) is 8.63. The molecule has 1 aromatic heterocycles. The summed E-state index contributed by atoms with van der Waals surface area (Å²) in [4.78, 5) is 4.83. The van der Waals surface area contributed by atoms with Gasteiger partial charge in [-0.25, -0.2) is 13.4 Å². The van der Waals surface area contributed by atoms with Crippen LogP contribution in [0.2, 0.25) is 0 Å². The van der Waals surface area contributed by atoms with Gasteiger partial charge in [0.1, 0.15) is 11.6 Å². The van der Waals surface area contributed by atoms with E-state index in [-0.39, 0.29) is 10.8 Å². The summed E-state index contributed by atoms with van der Waals surface area (Å²) in [5.41, 5.74) is 1.13. The minimum atomic E-state index is -3.51. The summed E-state index contributed by atoms with van der Waals surface area (Å²) in [6.07, 6.45) is 3.70. The molecule has 25 heavy (non-hydrogen) atoms. The number of rotatable bonds is 6. The summed E-state index contributed by atoms with van der Waals surface area (Å²) < 4.78 is 34.8. The van der Waals surface area contributed by atoms with E-state index in [4.69, 9.17) is 4.74 Å². The lowest BCUT2D eigenvalue weighted by Gasteiger charge is -2.18. The van der Waals surface area contributed by atoms with Crippen molar-refractivity contribution in [1.29, 1.82) is 0 Å². The van der Waals surface area contributed by atoms with Crippen LogP contribution in [0.1, 0.15) is 37.2 Å². The molecule has 1 saturated heterocycles. The lowest BCUT2D eigenvalue weighted by molar-refractivity contribution is 0.412. The van der Waals surface area contributed by atoms with Crippen LogP contribution in [0.4, 0.5) is 0 Å². The average Bonchev–Trinajstić information content (AvgIpc) is 3.23. The molecule has 0 spiro atoms. The van der Waals surface area contributed by atoms with Gasteiger partial charge in [-0.05, 0) is 31.9 Å². The molecule has 7 heteroatoms. The van der Waals surface area contributed by atoms with E-state index in [1.54, 1.807) is 28.6 Å². The van der Waals surface area contributed by atoms with Gasteiger partial charge in [0.2, 0.25) is 10.0 Å². The van der Waals surface area contributed by atoms with Crippen LogP contribution < -0.4 is 4.74 Å². The second-order valence-electron chi connectivity index (χ2n) is 6.44. The summed E-state index contributed by atoms with van der Waals surface area (Å²) in [6, 6.07) is 6.64. The fourth-order valence-corrected chi connectivity index (χ4v) is 4.92. The Kier molecular flexibility index (Phi) is 5.15. The predicted octanol–water partition coefficient (Wildman–Crippen LogP) is 2.79. The van der Waals surface area contributed by atoms with Crippen LogP contribution >= 0.6 is 0 Å². The molecule has 1 unspecified atom stereocenters. The summed E-state index contributed by atoms with van der Waals surface area (Å²) in [5, 5.41) is 0. The standard InChI is InChI=1S/C18H25N3O3S/c1-4-9-21-14(2)12-19-18(21)15-8-10-20(13-15)25(22,23)17-7-5-6-16(11-17)24-3/h5-7,11-12,15H,4,8-10,13H2,1-3H3. The van der Waals surface area contributed by atoms with E-state index >= 15 is 0 Å². The van der Waals surface area contributed by atoms with Crippen molar-refractivity contribution < 1.29 is 13.2 Å². The van der Waals surface area contributed by atoms with E-state index in [0.717, 1.165) is 30.9 Å². The molecule has 0 aliphatic carbocycles. The zero-order valence-corrected chi connectivity index (χ0v) is 15.8. The van der Waals surface area contributed by atoms with Crippen molar-refractivity contribution in [3.8, 4) is 5.75 Å². The van der Waals surface area contributed by atoms with Gasteiger partial charge in [0.15, 0.2) is 0 Å². The van der Waals surface area contributed by atoms with E-state index in [1.165, 1.54) is 7.11 Å². The molecular formula is C18H25N3O3S. The second-order valence-corrected chi connectivity index (χ2v) is 8.37. The zero-order valence-electron chi connectivity index (χ0n) is 15.0. The van der Waals surface area contributed by atoms with Gasteiger partial charge in [-0.15, -0.1) is 0 Å². The Hall–Kier alpha value is -1.86. The monoisotopic (exact) mass is 363 g/mol. The van der Waals surface area contributed by atoms with Gasteiger partial charge >= 0.3 is 0 Å². The number of hydrogen-bond donors (Lipinski definition) is 0. The molecule has 1 aliphatic heterocycles. The molecule has 0 bridgehead atoms. The van der Waals surface area contributed by atoms with Crippen molar-refractivity contribution in [2.45, 2.75) is 44.0 Å². The molecule has 0 N–H and O–H groups in total. The highest BCUT2D eigenvalue weighted by molar-refractivity contribution is 7.89. The van der Waals surface area contributed by atoms with Crippen LogP contribution in [0, 0.1) is 6.92 Å². The third-order valence-corrected chi connectivity index (χ3v) is 6.59. The van der Waals surface area contributed by atoms with E-state index in [2.05, 4.69) is 16.5 Å². The smallest absolute Gasteiger partial charge is 0.243 e. The molecule has 136 valence electrons. The number of aryl methyl sites for hydroxylation is 1. The van der Waals surface area contributed by atoms with Gasteiger partial charge in [0.25, 0.3) is 0 Å². The van der Waals surface area contributed by atoms with Crippen LogP contribution in [-0.4, -0.2) is 42.5 Å². The van der Waals surface area contributed by atoms with Crippen molar-refractivity contribution in [3.05, 3.63) is 42.0 Å². The summed E-state index contributed by atoms with van der Waals surface area (Å²) >= 11 is 0. The van der Waals surface area contributed by atoms with Crippen LogP contribution in [0.25, 0.3) is 0 Å². The minimum Gasteiger partial charge on any atom is -0.497 e. The fourth-order valence-electron chi connectivity index (χ4n) is 3.39. The normalized spacial score (nSPS) is 18.6. The Morgan fingerprint density at radius 2 is 2.16 bits per heavy atom. The number of imidazole rings is 1. The minimum absolute atomic E-state index is 0.139. The van der Waals surface area contributed by atoms with Gasteiger partial charge in [0, 0.05) is 43.5 Å². The van der Waals surface area contributed by atoms with Gasteiger partial charge in [-0.1, -0.05) is 13.0 Å². The maximum atomic E-state index is 12.9. The SMILES string of the molecule is CCCn1c(C)cnc1C1CCN(S(=O)(=O)c2cccc(OC)c2)C1. The Morgan fingerprint density at radius 1 is 1.36 bits per heavy atom. The highest BCUT2D eigenvalue weighted by Gasteiger charge is 2.35. The lowest BCUT2D eigenvalue weighted by atomic mass is 10.1. The number of sulfonamides is 1. The van der Waals surface area contributed by atoms with E-state index in [0.29, 0.717) is 18.8 Å². The maximum absolute atomic E-state index is 12.9. The van der Waals surface area contributed by atoms with Gasteiger partial charge in [-0.2, -0.15) is 4.31 Å². The van der Waals surface area contributed by atoms with Crippen molar-refractivity contribution in [2.75, 3.05) is 20.2 Å². The summed E-state index contributed by atoms with van der Waals surface area (Å²) in [5.74, 6) is 1.69. The van der Waals surface area contributed by atoms with Gasteiger partial charge < -0.3 is 9.30 Å². The molecule has 0 radical (unpaired) electrons. The van der Waals surface area contributed by atoms with Crippen LogP contribution in [-0.2, 0) is 16.6 Å². The molecule has 1 aliphatic rings. The first-order chi connectivity index (χ1) is 12.0. The van der Waals surface area contributed by atoms with E-state index < -0.39 is 10.0 Å². The fraction of sp³-hybridized carbons (Fsp3) is 0.500. The summed E-state index contributed by atoms with van der Waals surface area (Å²) in [7, 11) is -1.98. The van der Waals surface area contributed by atoms with E-state index in [9.17, 15) is 8.42 Å². The topological polar surface area (TPSA) is 64.4 Å². The molecule has 1 atom stereocenters. The molecule has 2 heterocycles. The number of benzene rings is 1. The average molecular weight is 363 g/mol. The zero-order chi connectivity index (χ0) is 18.0. The molecule has 3 rings (SSSR count). The largest absolute Gasteiger partial charge is 0.497 e. The molecule has 1 aromatic carbocycles. The Labute approximate surface area is 149 Å². The highest BCUT2D eigenvalue weighted by Crippen LogP contribution is 2.31. The van der Waals surface area contributed by atoms with Crippen LogP contribution in [0.5, 0.6) is 5.75 Å². The van der Waals surface area contributed by atoms with Crippen LogP contribution in [0.3, 0.4) is 0 Å². The first kappa shape index (κ1) is 17.9. The molecule has 0 saturated carbocycles.